The molecule has 0 bridgehead atoms. The quantitative estimate of drug-likeness (QED) is 0.783. The Morgan fingerprint density at radius 2 is 2.05 bits per heavy atom. The van der Waals surface area contributed by atoms with E-state index in [1.165, 1.54) is 6.92 Å². The summed E-state index contributed by atoms with van der Waals surface area (Å²) in [5.41, 5.74) is 1.15. The van der Waals surface area contributed by atoms with Crippen molar-refractivity contribution in [3.63, 3.8) is 0 Å². The Kier molecular flexibility index (Phi) is 7.51. The molecule has 122 valence electrons. The largest absolute Gasteiger partial charge is 0.324 e. The minimum Gasteiger partial charge on any atom is -0.324 e. The van der Waals surface area contributed by atoms with Crippen LogP contribution in [0, 0.1) is 5.92 Å². The molecular weight excluding hydrogens is 302 g/mol. The zero-order valence-electron chi connectivity index (χ0n) is 13.1. The van der Waals surface area contributed by atoms with Gasteiger partial charge in [0, 0.05) is 12.1 Å². The number of amides is 1. The van der Waals surface area contributed by atoms with Gasteiger partial charge >= 0.3 is 0 Å². The molecule has 0 saturated carbocycles. The van der Waals surface area contributed by atoms with Gasteiger partial charge in [-0.05, 0) is 51.5 Å². The smallest absolute Gasteiger partial charge is 0.238 e. The zero-order valence-corrected chi connectivity index (χ0v) is 13.9. The van der Waals surface area contributed by atoms with E-state index in [1.54, 1.807) is 18.2 Å². The van der Waals surface area contributed by atoms with Crippen molar-refractivity contribution in [1.82, 2.24) is 10.2 Å². The third-order valence-electron chi connectivity index (χ3n) is 3.81. The predicted octanol–water partition coefficient (Wildman–Crippen LogP) is 1.79. The summed E-state index contributed by atoms with van der Waals surface area (Å²) in [5.74, 6) is 0.516. The first-order valence-corrected chi connectivity index (χ1v) is 7.37. The maximum Gasteiger partial charge on any atom is 0.238 e. The number of nitrogens with one attached hydrogen (secondary N) is 2. The van der Waals surface area contributed by atoms with Crippen molar-refractivity contribution in [3.8, 4) is 0 Å². The van der Waals surface area contributed by atoms with Crippen molar-refractivity contribution in [2.45, 2.75) is 13.3 Å². The minimum atomic E-state index is -0.0613. The lowest BCUT2D eigenvalue weighted by atomic mass is 10.1. The second-order valence-electron chi connectivity index (χ2n) is 5.60. The number of likely N-dealkylation sites (tertiary alicyclic amines) is 1. The van der Waals surface area contributed by atoms with E-state index < -0.39 is 0 Å². The van der Waals surface area contributed by atoms with E-state index in [-0.39, 0.29) is 24.1 Å². The van der Waals surface area contributed by atoms with Gasteiger partial charge in [-0.15, -0.1) is 12.4 Å². The second kappa shape index (κ2) is 8.88. The number of hydrogen-bond donors (Lipinski definition) is 2. The molecule has 2 rings (SSSR count). The minimum absolute atomic E-state index is 0. The molecule has 1 aliphatic heterocycles. The number of para-hydroxylation sites is 1. The Morgan fingerprint density at radius 1 is 1.32 bits per heavy atom. The third-order valence-corrected chi connectivity index (χ3v) is 3.81. The number of benzene rings is 1. The van der Waals surface area contributed by atoms with Crippen LogP contribution in [0.15, 0.2) is 24.3 Å². The number of hydrogen-bond acceptors (Lipinski definition) is 4. The standard InChI is InChI=1S/C16H23N3O2.ClH/c1-12(20)14-5-3-4-6-15(14)18-16(21)11-19-8-7-13(10-19)9-17-2;/h3-6,13,17H,7-11H2,1-2H3,(H,18,21);1H. The maximum absolute atomic E-state index is 12.1. The fourth-order valence-electron chi connectivity index (χ4n) is 2.80. The number of halogens is 1. The molecule has 2 N–H and O–H groups in total. The Morgan fingerprint density at radius 3 is 2.73 bits per heavy atom. The molecule has 0 aromatic heterocycles. The fraction of sp³-hybridized carbons (Fsp3) is 0.500. The lowest BCUT2D eigenvalue weighted by Crippen LogP contribution is -2.32. The number of nitrogens with zero attached hydrogens (tertiary/aromatic N) is 1. The molecule has 5 nitrogen and oxygen atoms in total. The number of Topliss-reactive ketones (excluding diaryl/α,β-unsaturated/α-hetero) is 1. The van der Waals surface area contributed by atoms with Gasteiger partial charge in [-0.3, -0.25) is 14.5 Å². The van der Waals surface area contributed by atoms with Gasteiger partial charge in [0.15, 0.2) is 5.78 Å². The summed E-state index contributed by atoms with van der Waals surface area (Å²) in [6.07, 6.45) is 1.12. The predicted molar refractivity (Wildman–Crippen MR) is 90.8 cm³/mol. The molecule has 1 saturated heterocycles. The molecule has 1 fully saturated rings. The molecule has 1 aromatic carbocycles. The Hall–Kier alpha value is -1.43. The summed E-state index contributed by atoms with van der Waals surface area (Å²) in [5, 5.41) is 6.03. The highest BCUT2D eigenvalue weighted by Crippen LogP contribution is 2.17. The lowest BCUT2D eigenvalue weighted by Gasteiger charge is -2.16. The van der Waals surface area contributed by atoms with Gasteiger partial charge < -0.3 is 10.6 Å². The van der Waals surface area contributed by atoms with Crippen LogP contribution in [-0.4, -0.2) is 49.8 Å². The molecule has 0 spiro atoms. The van der Waals surface area contributed by atoms with Crippen LogP contribution in [0.2, 0.25) is 0 Å². The summed E-state index contributed by atoms with van der Waals surface area (Å²) in [6.45, 7) is 4.78. The van der Waals surface area contributed by atoms with Crippen LogP contribution in [0.1, 0.15) is 23.7 Å². The van der Waals surface area contributed by atoms with E-state index in [2.05, 4.69) is 15.5 Å². The highest BCUT2D eigenvalue weighted by atomic mass is 35.5. The second-order valence-corrected chi connectivity index (χ2v) is 5.60. The van der Waals surface area contributed by atoms with Crippen molar-refractivity contribution in [2.75, 3.05) is 38.5 Å². The molecule has 1 unspecified atom stereocenters. The van der Waals surface area contributed by atoms with E-state index in [4.69, 9.17) is 0 Å². The number of anilines is 1. The summed E-state index contributed by atoms with van der Waals surface area (Å²) in [7, 11) is 1.95. The SMILES string of the molecule is CNCC1CCN(CC(=O)Nc2ccccc2C(C)=O)C1.Cl. The fourth-order valence-corrected chi connectivity index (χ4v) is 2.80. The zero-order chi connectivity index (χ0) is 15.2. The summed E-state index contributed by atoms with van der Waals surface area (Å²) < 4.78 is 0. The summed E-state index contributed by atoms with van der Waals surface area (Å²) in [4.78, 5) is 25.8. The lowest BCUT2D eigenvalue weighted by molar-refractivity contribution is -0.117. The van der Waals surface area contributed by atoms with Gasteiger partial charge in [0.2, 0.25) is 5.91 Å². The van der Waals surface area contributed by atoms with Gasteiger partial charge in [0.25, 0.3) is 0 Å². The normalized spacial score (nSPS) is 17.8. The Bertz CT molecular complexity index is 522. The van der Waals surface area contributed by atoms with Gasteiger partial charge in [-0.25, -0.2) is 0 Å². The Labute approximate surface area is 137 Å². The first-order chi connectivity index (χ1) is 10.1. The molecule has 0 radical (unpaired) electrons. The first-order valence-electron chi connectivity index (χ1n) is 7.37. The van der Waals surface area contributed by atoms with Crippen LogP contribution < -0.4 is 10.6 Å². The number of carbonyl (C=O) groups is 2. The monoisotopic (exact) mass is 325 g/mol. The van der Waals surface area contributed by atoms with Crippen molar-refractivity contribution in [3.05, 3.63) is 29.8 Å². The van der Waals surface area contributed by atoms with Crippen LogP contribution in [0.3, 0.4) is 0 Å². The van der Waals surface area contributed by atoms with Crippen molar-refractivity contribution < 1.29 is 9.59 Å². The van der Waals surface area contributed by atoms with E-state index in [1.807, 2.05) is 13.1 Å². The topological polar surface area (TPSA) is 61.4 Å². The first kappa shape index (κ1) is 18.6. The molecule has 1 amide bonds. The number of ketones is 1. The van der Waals surface area contributed by atoms with Crippen LogP contribution in [0.5, 0.6) is 0 Å². The molecule has 1 heterocycles. The van der Waals surface area contributed by atoms with E-state index >= 15 is 0 Å². The van der Waals surface area contributed by atoms with E-state index in [0.717, 1.165) is 26.1 Å². The van der Waals surface area contributed by atoms with Crippen molar-refractivity contribution in [2.24, 2.45) is 5.92 Å². The number of rotatable bonds is 6. The van der Waals surface area contributed by atoms with Crippen LogP contribution in [0.4, 0.5) is 5.69 Å². The third kappa shape index (κ3) is 5.09. The highest BCUT2D eigenvalue weighted by molar-refractivity contribution is 6.04. The molecule has 0 aliphatic carbocycles. The van der Waals surface area contributed by atoms with Gasteiger partial charge in [0.1, 0.15) is 0 Å². The number of carbonyl (C=O) groups excluding carboxylic acids is 2. The summed E-state index contributed by atoms with van der Waals surface area (Å²) in [6, 6.07) is 7.12. The average molecular weight is 326 g/mol. The maximum atomic E-state index is 12.1. The highest BCUT2D eigenvalue weighted by Gasteiger charge is 2.23. The molecule has 22 heavy (non-hydrogen) atoms. The summed E-state index contributed by atoms with van der Waals surface area (Å²) >= 11 is 0. The molecule has 1 aliphatic rings. The van der Waals surface area contributed by atoms with Gasteiger partial charge in [0.05, 0.1) is 12.2 Å². The van der Waals surface area contributed by atoms with Crippen LogP contribution in [0.25, 0.3) is 0 Å². The van der Waals surface area contributed by atoms with Gasteiger partial charge in [-0.2, -0.15) is 0 Å². The molecule has 1 atom stereocenters. The van der Waals surface area contributed by atoms with Crippen LogP contribution in [-0.2, 0) is 4.79 Å². The molecule has 6 heteroatoms. The van der Waals surface area contributed by atoms with E-state index in [9.17, 15) is 9.59 Å². The van der Waals surface area contributed by atoms with Crippen LogP contribution >= 0.6 is 12.4 Å². The van der Waals surface area contributed by atoms with E-state index in [0.29, 0.717) is 23.7 Å². The molecule has 1 aromatic rings. The average Bonchev–Trinajstić information content (AvgIpc) is 2.86. The van der Waals surface area contributed by atoms with Gasteiger partial charge in [-0.1, -0.05) is 12.1 Å². The molecular formula is C16H24ClN3O2. The Balaban J connectivity index is 0.00000242. The van der Waals surface area contributed by atoms with Crippen molar-refractivity contribution in [1.29, 1.82) is 0 Å². The van der Waals surface area contributed by atoms with Crippen molar-refractivity contribution >= 4 is 29.8 Å².